The van der Waals surface area contributed by atoms with E-state index in [0.29, 0.717) is 10.8 Å². The Morgan fingerprint density at radius 2 is 0.466 bits per heavy atom. The fraction of sp³-hybridized carbons (Fsp3) is 0.286. The SMILES string of the molecule is CC1(C)CCC(C)(C)c2cc(N(c3ccccc3)c3ccccc3)ccc21.CC1(C)OC(C)(C)c2cc(N(c3ccccc3)c3ccccc3)ccc21.CC1(C)Oc2ccc(N(c3ccccc3)c3ccccc3)cc2C1(C)C.CC12CCC(C)(CC1)c1cc(N(c3ccccc3)c3ccccc3)ccc12.Cc1cc(N(c2ccccc2)c2ccccc2)cc2c1C(C)(C)CC2(C)C. The number of para-hydroxylation sites is 10. The number of anilines is 15. The van der Waals surface area contributed by atoms with Crippen molar-refractivity contribution in [3.8, 4) is 5.75 Å². The van der Waals surface area contributed by atoms with Crippen LogP contribution in [0.2, 0.25) is 0 Å². The number of fused-ring (bicyclic) bond motifs is 6. The van der Waals surface area contributed by atoms with Crippen LogP contribution < -0.4 is 29.2 Å². The molecule has 0 atom stereocenters. The van der Waals surface area contributed by atoms with E-state index in [2.05, 4.69) is 544 Å². The van der Waals surface area contributed by atoms with Crippen molar-refractivity contribution in [2.45, 2.75) is 231 Å². The number of ether oxygens (including phenoxy) is 2. The lowest BCUT2D eigenvalue weighted by molar-refractivity contribution is -0.105. The van der Waals surface area contributed by atoms with Crippen molar-refractivity contribution in [1.82, 2.24) is 0 Å². The van der Waals surface area contributed by atoms with Crippen LogP contribution in [0.4, 0.5) is 85.3 Å². The second kappa shape index (κ2) is 36.6. The van der Waals surface area contributed by atoms with Crippen LogP contribution in [0, 0.1) is 6.92 Å². The zero-order valence-electron chi connectivity index (χ0n) is 82.0. The molecule has 133 heavy (non-hydrogen) atoms. The van der Waals surface area contributed by atoms with Gasteiger partial charge in [-0.25, -0.2) is 0 Å². The van der Waals surface area contributed by atoms with Gasteiger partial charge in [-0.2, -0.15) is 0 Å². The minimum Gasteiger partial charge on any atom is -0.487 e. The molecule has 0 spiro atoms. The maximum absolute atomic E-state index is 6.33. The zero-order valence-corrected chi connectivity index (χ0v) is 82.0. The van der Waals surface area contributed by atoms with Crippen molar-refractivity contribution in [3.63, 3.8) is 0 Å². The lowest BCUT2D eigenvalue weighted by atomic mass is 9.52. The fourth-order valence-electron chi connectivity index (χ4n) is 22.3. The topological polar surface area (TPSA) is 34.7 Å². The number of benzene rings is 15. The van der Waals surface area contributed by atoms with Gasteiger partial charge in [0.05, 0.1) is 11.2 Å². The monoisotopic (exact) mass is 1750 g/mol. The molecule has 1 saturated carbocycles. The van der Waals surface area contributed by atoms with Gasteiger partial charge in [0.15, 0.2) is 0 Å². The van der Waals surface area contributed by atoms with E-state index in [1.807, 2.05) is 0 Å². The Hall–Kier alpha value is -12.9. The van der Waals surface area contributed by atoms with Crippen LogP contribution in [0.1, 0.15) is 225 Å². The van der Waals surface area contributed by atoms with Gasteiger partial charge in [-0.15, -0.1) is 0 Å². The molecule has 22 rings (SSSR count). The van der Waals surface area contributed by atoms with E-state index < -0.39 is 0 Å². The third kappa shape index (κ3) is 18.6. The van der Waals surface area contributed by atoms with E-state index in [1.54, 1.807) is 11.1 Å². The number of hydrogen-bond acceptors (Lipinski definition) is 7. The second-order valence-electron chi connectivity index (χ2n) is 42.8. The van der Waals surface area contributed by atoms with E-state index in [1.165, 1.54) is 141 Å². The van der Waals surface area contributed by atoms with Gasteiger partial charge in [-0.05, 0) is 364 Å². The van der Waals surface area contributed by atoms with Crippen LogP contribution in [0.15, 0.2) is 388 Å². The van der Waals surface area contributed by atoms with Gasteiger partial charge < -0.3 is 34.0 Å². The van der Waals surface area contributed by atoms with Crippen LogP contribution in [-0.4, -0.2) is 5.60 Å². The third-order valence-electron chi connectivity index (χ3n) is 30.0. The second-order valence-corrected chi connectivity index (χ2v) is 42.8. The van der Waals surface area contributed by atoms with E-state index in [0.717, 1.165) is 39.9 Å². The van der Waals surface area contributed by atoms with Crippen molar-refractivity contribution >= 4 is 85.3 Å². The van der Waals surface area contributed by atoms with Gasteiger partial charge >= 0.3 is 0 Å². The largest absolute Gasteiger partial charge is 0.487 e. The van der Waals surface area contributed by atoms with Crippen molar-refractivity contribution in [3.05, 3.63) is 444 Å². The summed E-state index contributed by atoms with van der Waals surface area (Å²) in [6, 6.07) is 138. The summed E-state index contributed by atoms with van der Waals surface area (Å²) < 4.78 is 12.6. The average molecular weight is 1750 g/mol. The minimum atomic E-state index is -0.298. The molecule has 5 aliphatic carbocycles. The molecular formula is C126H135N5O2. The highest BCUT2D eigenvalue weighted by Gasteiger charge is 2.51. The first-order valence-electron chi connectivity index (χ1n) is 48.2. The summed E-state index contributed by atoms with van der Waals surface area (Å²) in [4.78, 5) is 11.7. The van der Waals surface area contributed by atoms with E-state index >= 15 is 0 Å². The van der Waals surface area contributed by atoms with Crippen LogP contribution in [0.5, 0.6) is 5.75 Å². The Bertz CT molecular complexity index is 6190. The predicted molar refractivity (Wildman–Crippen MR) is 564 cm³/mol. The summed E-state index contributed by atoms with van der Waals surface area (Å²) in [6.45, 7) is 43.8. The molecule has 7 nitrogen and oxygen atoms in total. The summed E-state index contributed by atoms with van der Waals surface area (Å²) >= 11 is 0. The molecule has 0 saturated heterocycles. The molecule has 0 radical (unpaired) electrons. The number of aryl methyl sites for hydroxylation is 1. The van der Waals surface area contributed by atoms with Crippen LogP contribution >= 0.6 is 0 Å². The highest BCUT2D eigenvalue weighted by molar-refractivity contribution is 5.83. The van der Waals surface area contributed by atoms with Gasteiger partial charge in [0.2, 0.25) is 0 Å². The van der Waals surface area contributed by atoms with Crippen molar-refractivity contribution in [2.75, 3.05) is 24.5 Å². The molecule has 0 N–H and O–H groups in total. The first-order valence-corrected chi connectivity index (χ1v) is 48.2. The van der Waals surface area contributed by atoms with Crippen LogP contribution in [-0.2, 0) is 53.8 Å². The zero-order chi connectivity index (χ0) is 93.5. The standard InChI is InChI=1S/C26H27N.2C26H29N.2C24H25NO/c1-25-15-17-26(2,18-16-25)24-19-22(13-14-23(24)25)27(20-9-5-3-6-10-20)21-11-7-4-8-12-21;1-19-16-22(17-23-24(19)26(4,5)18-25(23,2)3)27(20-12-8-6-9-13-20)21-14-10-7-11-15-21;1-25(2)17-18-26(3,4)24-19-22(15-16-23(24)25)27(20-11-7-5-8-12-20)21-13-9-6-10-14-21;1-23(2)21-17-20(15-16-22(21)26-24(23,3)4)25(18-11-7-5-8-12-18)19-13-9-6-10-14-19;1-23(2)21-16-15-20(17-22(21)24(3,4)26-23)25(18-11-7-5-8-12-18)19-13-9-6-10-14-19/h3-14,19H,15-18H2,1-2H3;6-17H,18H2,1-5H3;5-16,19H,17-18H2,1-4H3;2*5-17H,1-4H3. The molecule has 0 amide bonds. The summed E-state index contributed by atoms with van der Waals surface area (Å²) in [5.74, 6) is 0.991. The molecule has 15 aromatic carbocycles. The average Bonchev–Trinajstić information content (AvgIpc) is 0.721. The number of rotatable bonds is 15. The molecular weight excluding hydrogens is 1620 g/mol. The fourth-order valence-corrected chi connectivity index (χ4v) is 22.3. The molecule has 7 heteroatoms. The molecule has 2 heterocycles. The Morgan fingerprint density at radius 3 is 0.812 bits per heavy atom. The molecule has 676 valence electrons. The van der Waals surface area contributed by atoms with Gasteiger partial charge in [-0.3, -0.25) is 0 Å². The van der Waals surface area contributed by atoms with Gasteiger partial charge in [0.1, 0.15) is 11.4 Å². The van der Waals surface area contributed by atoms with E-state index in [-0.39, 0.29) is 43.9 Å². The van der Waals surface area contributed by atoms with Gasteiger partial charge in [0, 0.05) is 96.3 Å². The maximum Gasteiger partial charge on any atom is 0.124 e. The summed E-state index contributed by atoms with van der Waals surface area (Å²) in [6.07, 6.45) is 8.96. The normalized spacial score (nSPS) is 18.7. The highest BCUT2D eigenvalue weighted by Crippen LogP contribution is 2.60. The number of hydrogen-bond donors (Lipinski definition) is 0. The first-order chi connectivity index (χ1) is 63.6. The quantitative estimate of drug-likeness (QED) is 0.101. The minimum absolute atomic E-state index is 0.0581. The van der Waals surface area contributed by atoms with Crippen LogP contribution in [0.25, 0.3) is 0 Å². The smallest absolute Gasteiger partial charge is 0.124 e. The summed E-state index contributed by atoms with van der Waals surface area (Å²) in [7, 11) is 0. The highest BCUT2D eigenvalue weighted by atomic mass is 16.5. The Balaban J connectivity index is 0.000000116. The predicted octanol–water partition coefficient (Wildman–Crippen LogP) is 35.5. The Labute approximate surface area is 794 Å². The number of nitrogens with zero attached hydrogens (tertiary/aromatic N) is 5. The summed E-state index contributed by atoms with van der Waals surface area (Å²) in [5, 5.41) is 0. The molecule has 0 aromatic heterocycles. The first kappa shape index (κ1) is 91.9. The lowest BCUT2D eigenvalue weighted by Crippen LogP contribution is -2.44. The van der Waals surface area contributed by atoms with E-state index in [9.17, 15) is 0 Å². The molecule has 7 aliphatic rings. The molecule has 15 aromatic rings. The maximum atomic E-state index is 6.33. The van der Waals surface area contributed by atoms with Crippen molar-refractivity contribution in [2.24, 2.45) is 0 Å². The van der Waals surface area contributed by atoms with E-state index in [4.69, 9.17) is 9.47 Å². The van der Waals surface area contributed by atoms with Crippen molar-refractivity contribution in [1.29, 1.82) is 0 Å². The molecule has 2 bridgehead atoms. The molecule has 2 aliphatic heterocycles. The van der Waals surface area contributed by atoms with Gasteiger partial charge in [-0.1, -0.05) is 283 Å². The van der Waals surface area contributed by atoms with Gasteiger partial charge in [0.25, 0.3) is 0 Å². The lowest BCUT2D eigenvalue weighted by Gasteiger charge is -2.52. The van der Waals surface area contributed by atoms with Crippen LogP contribution in [0.3, 0.4) is 0 Å². The Morgan fingerprint density at radius 1 is 0.203 bits per heavy atom. The Kier molecular flexibility index (Phi) is 25.3. The molecule has 0 unspecified atom stereocenters. The van der Waals surface area contributed by atoms with Crippen molar-refractivity contribution < 1.29 is 9.47 Å². The third-order valence-corrected chi connectivity index (χ3v) is 30.0. The molecule has 1 fully saturated rings. The summed E-state index contributed by atoms with van der Waals surface area (Å²) in [5.41, 5.74) is 33.0.